The van der Waals surface area contributed by atoms with Gasteiger partial charge in [0.2, 0.25) is 10.0 Å². The van der Waals surface area contributed by atoms with Gasteiger partial charge >= 0.3 is 5.97 Å². The zero-order chi connectivity index (χ0) is 12.3. The van der Waals surface area contributed by atoms with Gasteiger partial charge in [-0.25, -0.2) is 8.42 Å². The SMILES string of the molecule is CCC(=O)OC1NCCN(S(C)(=O)=O)[C@@H]1N.Cl. The summed E-state index contributed by atoms with van der Waals surface area (Å²) in [7, 11) is -3.37. The maximum absolute atomic E-state index is 11.4. The Kier molecular flexibility index (Phi) is 6.35. The summed E-state index contributed by atoms with van der Waals surface area (Å²) in [6, 6.07) is 0. The second-order valence-corrected chi connectivity index (χ2v) is 5.52. The van der Waals surface area contributed by atoms with E-state index in [9.17, 15) is 13.2 Å². The van der Waals surface area contributed by atoms with Crippen LogP contribution in [0.3, 0.4) is 0 Å². The van der Waals surface area contributed by atoms with Crippen LogP contribution in [0.5, 0.6) is 0 Å². The normalized spacial score (nSPS) is 26.1. The minimum atomic E-state index is -3.37. The molecule has 2 atom stereocenters. The van der Waals surface area contributed by atoms with E-state index < -0.39 is 28.4 Å². The van der Waals surface area contributed by atoms with Gasteiger partial charge in [-0.1, -0.05) is 6.92 Å². The molecule has 9 heteroatoms. The summed E-state index contributed by atoms with van der Waals surface area (Å²) < 4.78 is 28.9. The zero-order valence-electron chi connectivity index (χ0n) is 9.75. The van der Waals surface area contributed by atoms with Crippen molar-refractivity contribution in [1.82, 2.24) is 9.62 Å². The number of esters is 1. The number of ether oxygens (including phenoxy) is 1. The Morgan fingerprint density at radius 3 is 2.65 bits per heavy atom. The minimum Gasteiger partial charge on any atom is -0.443 e. The van der Waals surface area contributed by atoms with Gasteiger partial charge in [0.05, 0.1) is 6.26 Å². The summed E-state index contributed by atoms with van der Waals surface area (Å²) in [5.74, 6) is -0.414. The Hall–Kier alpha value is -0.410. The molecular weight excluding hydrogens is 270 g/mol. The van der Waals surface area contributed by atoms with Gasteiger partial charge in [-0.05, 0) is 0 Å². The van der Waals surface area contributed by atoms with Gasteiger partial charge in [0.25, 0.3) is 0 Å². The Balaban J connectivity index is 0.00000256. The molecule has 0 aliphatic carbocycles. The number of rotatable bonds is 3. The fourth-order valence-electron chi connectivity index (χ4n) is 1.46. The average Bonchev–Trinajstić information content (AvgIpc) is 2.19. The van der Waals surface area contributed by atoms with Crippen molar-refractivity contribution >= 4 is 28.4 Å². The molecular formula is C8H18ClN3O4S. The molecule has 1 aliphatic heterocycles. The minimum absolute atomic E-state index is 0. The lowest BCUT2D eigenvalue weighted by Gasteiger charge is -2.37. The highest BCUT2D eigenvalue weighted by Gasteiger charge is 2.35. The van der Waals surface area contributed by atoms with Crippen molar-refractivity contribution in [3.05, 3.63) is 0 Å². The van der Waals surface area contributed by atoms with Crippen LogP contribution in [0.15, 0.2) is 0 Å². The molecule has 7 nitrogen and oxygen atoms in total. The Bertz CT molecular complexity index is 362. The summed E-state index contributed by atoms with van der Waals surface area (Å²) in [6.45, 7) is 2.34. The first kappa shape index (κ1) is 16.6. The molecule has 1 fully saturated rings. The van der Waals surface area contributed by atoms with Gasteiger partial charge in [0.1, 0.15) is 6.17 Å². The fourth-order valence-corrected chi connectivity index (χ4v) is 2.44. The van der Waals surface area contributed by atoms with Gasteiger partial charge in [0, 0.05) is 19.5 Å². The van der Waals surface area contributed by atoms with E-state index >= 15 is 0 Å². The third kappa shape index (κ3) is 4.40. The molecule has 0 aromatic heterocycles. The van der Waals surface area contributed by atoms with E-state index in [-0.39, 0.29) is 25.4 Å². The number of nitrogens with two attached hydrogens (primary N) is 1. The summed E-state index contributed by atoms with van der Waals surface area (Å²) in [4.78, 5) is 11.1. The van der Waals surface area contributed by atoms with Crippen LogP contribution in [0.1, 0.15) is 13.3 Å². The molecule has 1 unspecified atom stereocenters. The predicted molar refractivity (Wildman–Crippen MR) is 64.9 cm³/mol. The van der Waals surface area contributed by atoms with E-state index in [1.807, 2.05) is 0 Å². The van der Waals surface area contributed by atoms with Crippen molar-refractivity contribution < 1.29 is 17.9 Å². The number of sulfonamides is 1. The number of hydrogen-bond donors (Lipinski definition) is 2. The molecule has 0 spiro atoms. The molecule has 0 bridgehead atoms. The summed E-state index contributed by atoms with van der Waals surface area (Å²) >= 11 is 0. The van der Waals surface area contributed by atoms with E-state index in [2.05, 4.69) is 5.32 Å². The van der Waals surface area contributed by atoms with Crippen LogP contribution in [0.25, 0.3) is 0 Å². The molecule has 1 heterocycles. The summed E-state index contributed by atoms with van der Waals surface area (Å²) in [5, 5.41) is 2.86. The first-order valence-electron chi connectivity index (χ1n) is 5.01. The van der Waals surface area contributed by atoms with Crippen LogP contribution in [0.2, 0.25) is 0 Å². The molecule has 17 heavy (non-hydrogen) atoms. The van der Waals surface area contributed by atoms with Crippen LogP contribution in [-0.2, 0) is 19.6 Å². The molecule has 1 saturated heterocycles. The maximum atomic E-state index is 11.4. The number of carbonyl (C=O) groups excluding carboxylic acids is 1. The van der Waals surface area contributed by atoms with Crippen LogP contribution in [0.4, 0.5) is 0 Å². The average molecular weight is 288 g/mol. The smallest absolute Gasteiger partial charge is 0.307 e. The maximum Gasteiger partial charge on any atom is 0.307 e. The fraction of sp³-hybridized carbons (Fsp3) is 0.875. The quantitative estimate of drug-likeness (QED) is 0.635. The van der Waals surface area contributed by atoms with Gasteiger partial charge in [-0.3, -0.25) is 10.1 Å². The monoisotopic (exact) mass is 287 g/mol. The molecule has 0 saturated carbocycles. The van der Waals surface area contributed by atoms with Crippen LogP contribution >= 0.6 is 12.4 Å². The number of piperazine rings is 1. The molecule has 0 aromatic rings. The van der Waals surface area contributed by atoms with Crippen molar-refractivity contribution in [1.29, 1.82) is 0 Å². The molecule has 1 aliphatic rings. The molecule has 1 rings (SSSR count). The van der Waals surface area contributed by atoms with E-state index in [4.69, 9.17) is 10.5 Å². The predicted octanol–water partition coefficient (Wildman–Crippen LogP) is -1.16. The Labute approximate surface area is 107 Å². The number of nitrogens with one attached hydrogen (secondary N) is 1. The second-order valence-electron chi connectivity index (χ2n) is 3.58. The first-order chi connectivity index (χ1) is 7.36. The lowest BCUT2D eigenvalue weighted by atomic mass is 10.3. The highest BCUT2D eigenvalue weighted by atomic mass is 35.5. The van der Waals surface area contributed by atoms with Gasteiger partial charge < -0.3 is 10.5 Å². The number of halogens is 1. The lowest BCUT2D eigenvalue weighted by Crippen LogP contribution is -2.64. The van der Waals surface area contributed by atoms with Gasteiger partial charge in [0.15, 0.2) is 6.23 Å². The van der Waals surface area contributed by atoms with Crippen LogP contribution in [-0.4, -0.2) is 50.4 Å². The van der Waals surface area contributed by atoms with Crippen LogP contribution in [0, 0.1) is 0 Å². The summed E-state index contributed by atoms with van der Waals surface area (Å²) in [6.07, 6.45) is -0.351. The molecule has 0 radical (unpaired) electrons. The molecule has 3 N–H and O–H groups in total. The molecule has 0 amide bonds. The van der Waals surface area contributed by atoms with E-state index in [0.29, 0.717) is 6.54 Å². The van der Waals surface area contributed by atoms with Crippen molar-refractivity contribution in [2.75, 3.05) is 19.3 Å². The zero-order valence-corrected chi connectivity index (χ0v) is 11.4. The Morgan fingerprint density at radius 1 is 1.59 bits per heavy atom. The third-order valence-electron chi connectivity index (χ3n) is 2.29. The van der Waals surface area contributed by atoms with Crippen molar-refractivity contribution in [3.63, 3.8) is 0 Å². The first-order valence-corrected chi connectivity index (χ1v) is 6.86. The standard InChI is InChI=1S/C8H17N3O4S.ClH/c1-3-6(12)15-8-7(9)11(5-4-10-8)16(2,13)14;/h7-8,10H,3-5,9H2,1-2H3;1H/t7-,8?;/m0./s1. The third-order valence-corrected chi connectivity index (χ3v) is 3.57. The van der Waals surface area contributed by atoms with Crippen LogP contribution < -0.4 is 11.1 Å². The molecule has 102 valence electrons. The van der Waals surface area contributed by atoms with E-state index in [1.54, 1.807) is 6.92 Å². The Morgan fingerprint density at radius 2 is 2.18 bits per heavy atom. The highest BCUT2D eigenvalue weighted by Crippen LogP contribution is 2.10. The van der Waals surface area contributed by atoms with Crippen molar-refractivity contribution in [2.45, 2.75) is 25.7 Å². The lowest BCUT2D eigenvalue weighted by molar-refractivity contribution is -0.154. The van der Waals surface area contributed by atoms with E-state index in [0.717, 1.165) is 10.6 Å². The van der Waals surface area contributed by atoms with Crippen molar-refractivity contribution in [2.24, 2.45) is 5.73 Å². The largest absolute Gasteiger partial charge is 0.443 e. The van der Waals surface area contributed by atoms with E-state index in [1.165, 1.54) is 0 Å². The molecule has 0 aromatic carbocycles. The van der Waals surface area contributed by atoms with Crippen molar-refractivity contribution in [3.8, 4) is 0 Å². The number of nitrogens with zero attached hydrogens (tertiary/aromatic N) is 1. The highest BCUT2D eigenvalue weighted by molar-refractivity contribution is 7.88. The number of carbonyl (C=O) groups is 1. The topological polar surface area (TPSA) is 102 Å². The second kappa shape index (κ2) is 6.50. The van der Waals surface area contributed by atoms with Gasteiger partial charge in [-0.15, -0.1) is 12.4 Å². The van der Waals surface area contributed by atoms with Gasteiger partial charge in [-0.2, -0.15) is 4.31 Å². The number of hydrogen-bond acceptors (Lipinski definition) is 6. The summed E-state index contributed by atoms with van der Waals surface area (Å²) in [5.41, 5.74) is 5.72.